The van der Waals surface area contributed by atoms with E-state index in [1.807, 2.05) is 6.92 Å². The summed E-state index contributed by atoms with van der Waals surface area (Å²) in [4.78, 5) is 50.6. The smallest absolute Gasteiger partial charge is 0.461 e. The molecule has 0 aliphatic rings. The van der Waals surface area contributed by atoms with Crippen molar-refractivity contribution in [3.8, 4) is 0 Å². The van der Waals surface area contributed by atoms with Crippen LogP contribution in [0, 0.1) is 0 Å². The van der Waals surface area contributed by atoms with Gasteiger partial charge in [0, 0.05) is 0 Å². The number of esters is 4. The van der Waals surface area contributed by atoms with Crippen molar-refractivity contribution in [2.75, 3.05) is 34.0 Å². The van der Waals surface area contributed by atoms with Crippen LogP contribution in [0.1, 0.15) is 33.6 Å². The van der Waals surface area contributed by atoms with E-state index in [-0.39, 0.29) is 13.2 Å². The lowest BCUT2D eigenvalue weighted by atomic mass is 10.4. The van der Waals surface area contributed by atoms with Gasteiger partial charge in [-0.3, -0.25) is 0 Å². The highest BCUT2D eigenvalue weighted by Crippen LogP contribution is 1.87. The highest BCUT2D eigenvalue weighted by molar-refractivity contribution is 6.29. The molecule has 0 rings (SSSR count). The lowest BCUT2D eigenvalue weighted by molar-refractivity contribution is -0.167. The maximum atomic E-state index is 10.4. The van der Waals surface area contributed by atoms with Gasteiger partial charge in [0.25, 0.3) is 0 Å². The number of methoxy groups -OCH3 is 2. The summed E-state index contributed by atoms with van der Waals surface area (Å²) in [5.74, 6) is -3.81. The molecule has 0 heterocycles. The summed E-state index contributed by atoms with van der Waals surface area (Å²) in [6, 6.07) is 0. The number of carbonyl (C=O) groups is 5. The van der Waals surface area contributed by atoms with Gasteiger partial charge in [-0.25, -0.2) is 24.0 Å². The van der Waals surface area contributed by atoms with Crippen LogP contribution < -0.4 is 0 Å². The van der Waals surface area contributed by atoms with Gasteiger partial charge in [0.15, 0.2) is 0 Å². The highest BCUT2D eigenvalue weighted by atomic mass is 16.7. The zero-order valence-electron chi connectivity index (χ0n) is 15.6. The summed E-state index contributed by atoms with van der Waals surface area (Å²) < 4.78 is 20.9. The first kappa shape index (κ1) is 28.0. The highest BCUT2D eigenvalue weighted by Gasteiger charge is 2.14. The second-order valence-corrected chi connectivity index (χ2v) is 3.89. The Morgan fingerprint density at radius 2 is 1.08 bits per heavy atom. The Bertz CT molecular complexity index is 401. The molecule has 0 unspecified atom stereocenters. The van der Waals surface area contributed by atoms with Crippen LogP contribution in [0.25, 0.3) is 0 Å². The summed E-state index contributed by atoms with van der Waals surface area (Å²) in [6.45, 7) is 5.93. The van der Waals surface area contributed by atoms with Crippen LogP contribution in [0.15, 0.2) is 0 Å². The van der Waals surface area contributed by atoms with E-state index in [0.717, 1.165) is 27.1 Å². The number of rotatable bonds is 5. The van der Waals surface area contributed by atoms with Crippen LogP contribution in [0.3, 0.4) is 0 Å². The fourth-order valence-electron chi connectivity index (χ4n) is 0.851. The molecule has 0 atom stereocenters. The molecule has 0 bridgehead atoms. The van der Waals surface area contributed by atoms with Crippen LogP contribution in [0.5, 0.6) is 0 Å². The molecule has 1 N–H and O–H groups in total. The molecule has 11 heteroatoms. The van der Waals surface area contributed by atoms with Crippen molar-refractivity contribution in [2.45, 2.75) is 33.6 Å². The first-order valence-electron chi connectivity index (χ1n) is 7.57. The fourth-order valence-corrected chi connectivity index (χ4v) is 0.851. The van der Waals surface area contributed by atoms with E-state index in [2.05, 4.69) is 23.7 Å². The minimum atomic E-state index is -1.18. The molecule has 26 heavy (non-hydrogen) atoms. The van der Waals surface area contributed by atoms with Crippen molar-refractivity contribution >= 4 is 30.0 Å². The van der Waals surface area contributed by atoms with Crippen molar-refractivity contribution in [3.63, 3.8) is 0 Å². The first-order valence-corrected chi connectivity index (χ1v) is 7.57. The van der Waals surface area contributed by atoms with Gasteiger partial charge >= 0.3 is 30.0 Å². The van der Waals surface area contributed by atoms with Crippen molar-refractivity contribution in [2.24, 2.45) is 0 Å². The quantitative estimate of drug-likeness (QED) is 0.313. The fraction of sp³-hybridized carbons (Fsp3) is 0.667. The first-order chi connectivity index (χ1) is 12.2. The number of ether oxygens (including phenoxy) is 5. The average molecular weight is 382 g/mol. The van der Waals surface area contributed by atoms with Crippen LogP contribution >= 0.6 is 0 Å². The van der Waals surface area contributed by atoms with Crippen molar-refractivity contribution in [1.29, 1.82) is 0 Å². The Morgan fingerprint density at radius 1 is 0.692 bits per heavy atom. The summed E-state index contributed by atoms with van der Waals surface area (Å²) in [7, 11) is 2.22. The normalized spacial score (nSPS) is 8.35. The van der Waals surface area contributed by atoms with Gasteiger partial charge in [-0.1, -0.05) is 13.3 Å². The third kappa shape index (κ3) is 21.1. The molecular weight excluding hydrogens is 356 g/mol. The number of carbonyl (C=O) groups excluding carboxylic acids is 4. The third-order valence-electron chi connectivity index (χ3n) is 1.98. The summed E-state index contributed by atoms with van der Waals surface area (Å²) in [5.41, 5.74) is 0. The molecule has 0 saturated heterocycles. The van der Waals surface area contributed by atoms with E-state index in [4.69, 9.17) is 5.11 Å². The molecule has 0 spiro atoms. The molecule has 0 aromatic heterocycles. The molecule has 0 aliphatic carbocycles. The van der Waals surface area contributed by atoms with E-state index in [1.54, 1.807) is 13.8 Å². The molecule has 0 aliphatic heterocycles. The monoisotopic (exact) mass is 382 g/mol. The van der Waals surface area contributed by atoms with Gasteiger partial charge in [0.1, 0.15) is 0 Å². The zero-order chi connectivity index (χ0) is 21.0. The number of hydrogen-bond acceptors (Lipinski definition) is 10. The second kappa shape index (κ2) is 20.2. The number of carboxylic acid groups (broad SMARTS) is 1. The molecule has 152 valence electrons. The third-order valence-corrected chi connectivity index (χ3v) is 1.98. The Morgan fingerprint density at radius 3 is 1.31 bits per heavy atom. The van der Waals surface area contributed by atoms with Gasteiger partial charge < -0.3 is 28.8 Å². The predicted molar refractivity (Wildman–Crippen MR) is 86.2 cm³/mol. The summed E-state index contributed by atoms with van der Waals surface area (Å²) >= 11 is 0. The maximum Gasteiger partial charge on any atom is 0.505 e. The molecular formula is C15H26O11. The SMILES string of the molecule is CCCCOC(=O)O.CCOC(=O)C(=O)OCC.COC(=O)C(=O)OC. The van der Waals surface area contributed by atoms with E-state index < -0.39 is 30.0 Å². The molecule has 11 nitrogen and oxygen atoms in total. The topological polar surface area (TPSA) is 152 Å². The molecule has 0 amide bonds. The summed E-state index contributed by atoms with van der Waals surface area (Å²) in [5, 5.41) is 7.92. The Hall–Kier alpha value is -2.85. The van der Waals surface area contributed by atoms with Crippen molar-refractivity contribution < 1.29 is 52.8 Å². The van der Waals surface area contributed by atoms with Crippen LogP contribution in [-0.4, -0.2) is 69.2 Å². The van der Waals surface area contributed by atoms with Gasteiger partial charge in [-0.2, -0.15) is 0 Å². The lowest BCUT2D eigenvalue weighted by Crippen LogP contribution is -2.19. The van der Waals surface area contributed by atoms with Crippen LogP contribution in [0.2, 0.25) is 0 Å². The second-order valence-electron chi connectivity index (χ2n) is 3.89. The lowest BCUT2D eigenvalue weighted by Gasteiger charge is -1.99. The average Bonchev–Trinajstić information content (AvgIpc) is 2.61. The van der Waals surface area contributed by atoms with Crippen molar-refractivity contribution in [1.82, 2.24) is 0 Å². The molecule has 0 aromatic carbocycles. The maximum absolute atomic E-state index is 10.4. The molecule has 0 radical (unpaired) electrons. The minimum absolute atomic E-state index is 0.192. The van der Waals surface area contributed by atoms with Crippen molar-refractivity contribution in [3.05, 3.63) is 0 Å². The zero-order valence-corrected chi connectivity index (χ0v) is 15.6. The Labute approximate surface area is 151 Å². The number of unbranched alkanes of at least 4 members (excludes halogenated alkanes) is 1. The standard InChI is InChI=1S/C6H10O4.C5H10O3.C4H6O4/c1-3-9-5(7)6(8)10-4-2;1-2-3-4-8-5(6)7;1-7-3(5)4(6)8-2/h3-4H2,1-2H3;2-4H2,1H3,(H,6,7);1-2H3. The van der Waals surface area contributed by atoms with Crippen LogP contribution in [0.4, 0.5) is 4.79 Å². The minimum Gasteiger partial charge on any atom is -0.461 e. The van der Waals surface area contributed by atoms with E-state index in [0.29, 0.717) is 6.61 Å². The molecule has 0 aromatic rings. The van der Waals surface area contributed by atoms with E-state index in [1.165, 1.54) is 0 Å². The number of hydrogen-bond donors (Lipinski definition) is 1. The van der Waals surface area contributed by atoms with Gasteiger partial charge in [-0.05, 0) is 20.3 Å². The summed E-state index contributed by atoms with van der Waals surface area (Å²) in [6.07, 6.45) is 0.595. The van der Waals surface area contributed by atoms with E-state index >= 15 is 0 Å². The van der Waals surface area contributed by atoms with Crippen LogP contribution in [-0.2, 0) is 42.9 Å². The molecule has 0 fully saturated rings. The van der Waals surface area contributed by atoms with E-state index in [9.17, 15) is 24.0 Å². The Balaban J connectivity index is -0.000000308. The van der Waals surface area contributed by atoms with Gasteiger partial charge in [-0.15, -0.1) is 0 Å². The Kier molecular flexibility index (Phi) is 21.7. The molecule has 0 saturated carbocycles. The van der Waals surface area contributed by atoms with Gasteiger partial charge in [0.2, 0.25) is 0 Å². The predicted octanol–water partition coefficient (Wildman–Crippen LogP) is 0.926. The van der Waals surface area contributed by atoms with Gasteiger partial charge in [0.05, 0.1) is 34.0 Å². The largest absolute Gasteiger partial charge is 0.505 e.